The lowest BCUT2D eigenvalue weighted by atomic mass is 9.98. The summed E-state index contributed by atoms with van der Waals surface area (Å²) in [5.74, 6) is -0.761. The third-order valence-electron chi connectivity index (χ3n) is 2.64. The first kappa shape index (κ1) is 11.3. The second-order valence-electron chi connectivity index (χ2n) is 4.01. The van der Waals surface area contributed by atoms with Crippen LogP contribution in [0.1, 0.15) is 41.9 Å². The van der Waals surface area contributed by atoms with E-state index in [1.54, 1.807) is 11.3 Å². The molecular weight excluding hydrogens is 224 g/mol. The fraction of sp³-hybridized carbons (Fsp3) is 0.500. The van der Waals surface area contributed by atoms with Crippen LogP contribution in [0.15, 0.2) is 12.1 Å². The van der Waals surface area contributed by atoms with Crippen molar-refractivity contribution in [3.8, 4) is 0 Å². The number of aryl methyl sites for hydroxylation is 1. The molecule has 2 heterocycles. The van der Waals surface area contributed by atoms with Gasteiger partial charge in [0.05, 0.1) is 12.8 Å². The summed E-state index contributed by atoms with van der Waals surface area (Å²) in [7, 11) is 0. The molecule has 0 bridgehead atoms. The first-order valence-electron chi connectivity index (χ1n) is 5.51. The van der Waals surface area contributed by atoms with Gasteiger partial charge in [0.25, 0.3) is 0 Å². The maximum atomic E-state index is 11.2. The van der Waals surface area contributed by atoms with Crippen molar-refractivity contribution in [2.45, 2.75) is 38.5 Å². The Labute approximate surface area is 98.4 Å². The van der Waals surface area contributed by atoms with Crippen LogP contribution in [-0.4, -0.2) is 11.9 Å². The van der Waals surface area contributed by atoms with Gasteiger partial charge in [-0.15, -0.1) is 11.3 Å². The van der Waals surface area contributed by atoms with Gasteiger partial charge < -0.3 is 4.74 Å². The Hall–Kier alpha value is -1.16. The fourth-order valence-corrected chi connectivity index (χ4v) is 3.10. The van der Waals surface area contributed by atoms with Crippen LogP contribution in [0, 0.1) is 0 Å². The SMILES string of the molecule is CCCc1ccc(C2CC(=O)OC(=O)C2)s1. The minimum absolute atomic E-state index is 0.0318. The number of ether oxygens (including phenoxy) is 1. The van der Waals surface area contributed by atoms with Gasteiger partial charge in [0.15, 0.2) is 0 Å². The van der Waals surface area contributed by atoms with Crippen molar-refractivity contribution in [2.24, 2.45) is 0 Å². The third-order valence-corrected chi connectivity index (χ3v) is 3.94. The second kappa shape index (κ2) is 4.78. The molecule has 1 aromatic heterocycles. The predicted octanol–water partition coefficient (Wildman–Crippen LogP) is 2.65. The van der Waals surface area contributed by atoms with Crippen LogP contribution in [0.3, 0.4) is 0 Å². The topological polar surface area (TPSA) is 43.4 Å². The quantitative estimate of drug-likeness (QED) is 0.600. The number of hydrogen-bond acceptors (Lipinski definition) is 4. The Kier molecular flexibility index (Phi) is 3.39. The summed E-state index contributed by atoms with van der Waals surface area (Å²) in [6, 6.07) is 4.13. The Morgan fingerprint density at radius 3 is 2.62 bits per heavy atom. The summed E-state index contributed by atoms with van der Waals surface area (Å²) in [5, 5.41) is 0. The molecule has 0 unspecified atom stereocenters. The zero-order valence-corrected chi connectivity index (χ0v) is 10.0. The van der Waals surface area contributed by atoms with E-state index in [0.29, 0.717) is 12.8 Å². The van der Waals surface area contributed by atoms with Crippen LogP contribution in [0.25, 0.3) is 0 Å². The highest BCUT2D eigenvalue weighted by molar-refractivity contribution is 7.12. The number of carbonyl (C=O) groups is 2. The van der Waals surface area contributed by atoms with E-state index in [4.69, 9.17) is 0 Å². The normalized spacial score (nSPS) is 17.6. The van der Waals surface area contributed by atoms with Crippen LogP contribution >= 0.6 is 11.3 Å². The minimum atomic E-state index is -0.397. The number of esters is 2. The van der Waals surface area contributed by atoms with Crippen LogP contribution in [-0.2, 0) is 20.7 Å². The van der Waals surface area contributed by atoms with E-state index in [2.05, 4.69) is 17.7 Å². The van der Waals surface area contributed by atoms with Gasteiger partial charge in [-0.05, 0) is 18.6 Å². The summed E-state index contributed by atoms with van der Waals surface area (Å²) in [5.41, 5.74) is 0. The first-order chi connectivity index (χ1) is 7.69. The first-order valence-corrected chi connectivity index (χ1v) is 6.32. The van der Waals surface area contributed by atoms with Crippen LogP contribution in [0.5, 0.6) is 0 Å². The number of rotatable bonds is 3. The molecule has 2 rings (SSSR count). The molecule has 0 amide bonds. The van der Waals surface area contributed by atoms with Gasteiger partial charge in [-0.3, -0.25) is 9.59 Å². The van der Waals surface area contributed by atoms with E-state index in [9.17, 15) is 9.59 Å². The van der Waals surface area contributed by atoms with E-state index < -0.39 is 11.9 Å². The predicted molar refractivity (Wildman–Crippen MR) is 61.4 cm³/mol. The van der Waals surface area contributed by atoms with Gasteiger partial charge in [-0.25, -0.2) is 0 Å². The van der Waals surface area contributed by atoms with Gasteiger partial charge in [0, 0.05) is 15.7 Å². The Bertz CT molecular complexity index is 392. The summed E-state index contributed by atoms with van der Waals surface area (Å²) in [4.78, 5) is 24.8. The van der Waals surface area contributed by atoms with Gasteiger partial charge in [-0.2, -0.15) is 0 Å². The average Bonchev–Trinajstić information content (AvgIpc) is 2.65. The number of cyclic esters (lactones) is 2. The molecule has 0 saturated carbocycles. The van der Waals surface area contributed by atoms with Crippen molar-refractivity contribution in [3.05, 3.63) is 21.9 Å². The number of carbonyl (C=O) groups excluding carboxylic acids is 2. The lowest BCUT2D eigenvalue weighted by molar-refractivity contribution is -0.163. The van der Waals surface area contributed by atoms with Gasteiger partial charge in [0.1, 0.15) is 0 Å². The molecule has 4 heteroatoms. The maximum absolute atomic E-state index is 11.2. The van der Waals surface area contributed by atoms with Crippen molar-refractivity contribution in [2.75, 3.05) is 0 Å². The Morgan fingerprint density at radius 2 is 2.00 bits per heavy atom. The molecule has 1 aromatic rings. The largest absolute Gasteiger partial charge is 0.393 e. The number of thiophene rings is 1. The lowest BCUT2D eigenvalue weighted by Gasteiger charge is -2.18. The Balaban J connectivity index is 2.10. The third kappa shape index (κ3) is 2.50. The molecule has 3 nitrogen and oxygen atoms in total. The molecule has 86 valence electrons. The molecular formula is C12H14O3S. The molecule has 0 N–H and O–H groups in total. The summed E-state index contributed by atoms with van der Waals surface area (Å²) >= 11 is 1.71. The molecule has 1 aliphatic rings. The molecule has 0 atom stereocenters. The van der Waals surface area contributed by atoms with Crippen molar-refractivity contribution < 1.29 is 14.3 Å². The van der Waals surface area contributed by atoms with E-state index in [1.807, 2.05) is 6.07 Å². The highest BCUT2D eigenvalue weighted by Gasteiger charge is 2.29. The maximum Gasteiger partial charge on any atom is 0.314 e. The standard InChI is InChI=1S/C12H14O3S/c1-2-3-9-4-5-10(16-9)8-6-11(13)15-12(14)7-8/h4-5,8H,2-3,6-7H2,1H3. The number of hydrogen-bond donors (Lipinski definition) is 0. The second-order valence-corrected chi connectivity index (χ2v) is 5.21. The lowest BCUT2D eigenvalue weighted by Crippen LogP contribution is -2.23. The molecule has 1 saturated heterocycles. The van der Waals surface area contributed by atoms with Crippen LogP contribution in [0.4, 0.5) is 0 Å². The molecule has 0 spiro atoms. The van der Waals surface area contributed by atoms with Crippen molar-refractivity contribution in [3.63, 3.8) is 0 Å². The molecule has 16 heavy (non-hydrogen) atoms. The molecule has 0 aromatic carbocycles. The average molecular weight is 238 g/mol. The molecule has 0 aliphatic carbocycles. The zero-order chi connectivity index (χ0) is 11.5. The van der Waals surface area contributed by atoms with Crippen molar-refractivity contribution in [1.82, 2.24) is 0 Å². The molecule has 0 radical (unpaired) electrons. The highest BCUT2D eigenvalue weighted by Crippen LogP contribution is 2.33. The van der Waals surface area contributed by atoms with Gasteiger partial charge in [0.2, 0.25) is 0 Å². The van der Waals surface area contributed by atoms with Crippen molar-refractivity contribution in [1.29, 1.82) is 0 Å². The summed E-state index contributed by atoms with van der Waals surface area (Å²) < 4.78 is 4.52. The van der Waals surface area contributed by atoms with E-state index >= 15 is 0 Å². The van der Waals surface area contributed by atoms with E-state index in [0.717, 1.165) is 17.7 Å². The van der Waals surface area contributed by atoms with Crippen LogP contribution < -0.4 is 0 Å². The fourth-order valence-electron chi connectivity index (χ4n) is 1.88. The van der Waals surface area contributed by atoms with Crippen LogP contribution in [0.2, 0.25) is 0 Å². The molecule has 1 fully saturated rings. The van der Waals surface area contributed by atoms with Gasteiger partial charge >= 0.3 is 11.9 Å². The monoisotopic (exact) mass is 238 g/mol. The smallest absolute Gasteiger partial charge is 0.314 e. The molecule has 1 aliphatic heterocycles. The summed E-state index contributed by atoms with van der Waals surface area (Å²) in [6.45, 7) is 2.14. The summed E-state index contributed by atoms with van der Waals surface area (Å²) in [6.07, 6.45) is 2.84. The van der Waals surface area contributed by atoms with E-state index in [-0.39, 0.29) is 5.92 Å². The highest BCUT2D eigenvalue weighted by atomic mass is 32.1. The van der Waals surface area contributed by atoms with E-state index in [1.165, 1.54) is 4.88 Å². The Morgan fingerprint density at radius 1 is 1.31 bits per heavy atom. The van der Waals surface area contributed by atoms with Gasteiger partial charge in [-0.1, -0.05) is 13.3 Å². The zero-order valence-electron chi connectivity index (χ0n) is 9.19. The minimum Gasteiger partial charge on any atom is -0.393 e. The van der Waals surface area contributed by atoms with Crippen molar-refractivity contribution >= 4 is 23.3 Å².